The highest BCUT2D eigenvalue weighted by Gasteiger charge is 2.47. The molecule has 518 valence electrons. The van der Waals surface area contributed by atoms with E-state index in [2.05, 4.69) is 203 Å². The van der Waals surface area contributed by atoms with Gasteiger partial charge < -0.3 is 18.9 Å². The van der Waals surface area contributed by atoms with E-state index in [4.69, 9.17) is 2.74 Å². The molecule has 0 radical (unpaired) electrons. The van der Waals surface area contributed by atoms with Crippen LogP contribution < -0.4 is 26.2 Å². The molecule has 0 spiro atoms. The van der Waals surface area contributed by atoms with Gasteiger partial charge in [0.15, 0.2) is 0 Å². The molecular weight excluding hydrogens is 1320 g/mol. The summed E-state index contributed by atoms with van der Waals surface area (Å²) in [6.45, 7) is 12.5. The number of aromatic nitrogens is 2. The maximum Gasteiger partial charge on any atom is 0.252 e. The lowest BCUT2D eigenvalue weighted by Crippen LogP contribution is -2.61. The van der Waals surface area contributed by atoms with E-state index in [9.17, 15) is 17.8 Å². The Labute approximate surface area is 659 Å². The zero-order valence-corrected chi connectivity index (χ0v) is 60.9. The van der Waals surface area contributed by atoms with Crippen LogP contribution in [0.25, 0.3) is 133 Å². The predicted octanol–water partition coefficient (Wildman–Crippen LogP) is 26.2. The number of nitrogens with zero attached hydrogens (tertiary/aromatic N) is 4. The lowest BCUT2D eigenvalue weighted by Gasteiger charge is -2.46. The maximum atomic E-state index is 9.98. The van der Waals surface area contributed by atoms with E-state index in [1.54, 1.807) is 9.13 Å². The second kappa shape index (κ2) is 25.8. The van der Waals surface area contributed by atoms with Gasteiger partial charge in [-0.1, -0.05) is 326 Å². The van der Waals surface area contributed by atoms with Crippen LogP contribution in [0, 0.1) is 0 Å². The van der Waals surface area contributed by atoms with Gasteiger partial charge in [0.25, 0.3) is 6.71 Å². The Balaban J connectivity index is 0.998. The highest BCUT2D eigenvalue weighted by atomic mass is 15.2. The van der Waals surface area contributed by atoms with Crippen LogP contribution in [0.5, 0.6) is 0 Å². The van der Waals surface area contributed by atoms with E-state index in [-0.39, 0.29) is 61.7 Å². The van der Waals surface area contributed by atoms with Crippen LogP contribution in [-0.4, -0.2) is 15.8 Å². The molecule has 0 saturated carbocycles. The minimum atomic E-state index is -0.764. The molecule has 5 heteroatoms. The van der Waals surface area contributed by atoms with Crippen molar-refractivity contribution in [3.63, 3.8) is 0 Å². The zero-order valence-electron chi connectivity index (χ0n) is 75.9. The number of para-hydroxylation sites is 4. The molecule has 0 N–H and O–H groups in total. The van der Waals surface area contributed by atoms with Crippen molar-refractivity contribution in [3.8, 4) is 89.3 Å². The summed E-state index contributed by atoms with van der Waals surface area (Å²) in [5, 5.41) is -0.0983. The predicted molar refractivity (Wildman–Crippen MR) is 465 cm³/mol. The van der Waals surface area contributed by atoms with Gasteiger partial charge in [0.1, 0.15) is 0 Å². The van der Waals surface area contributed by atoms with Crippen molar-refractivity contribution >= 4 is 101 Å². The summed E-state index contributed by atoms with van der Waals surface area (Å²) in [6, 6.07) is 89.3. The van der Waals surface area contributed by atoms with E-state index in [1.807, 2.05) is 121 Å². The van der Waals surface area contributed by atoms with Crippen molar-refractivity contribution in [2.45, 2.75) is 52.4 Å². The summed E-state index contributed by atoms with van der Waals surface area (Å²) < 4.78 is 146. The van der Waals surface area contributed by atoms with Crippen LogP contribution in [0.15, 0.2) is 370 Å². The normalized spacial score (nSPS) is 14.6. The fourth-order valence-corrected chi connectivity index (χ4v) is 16.6. The van der Waals surface area contributed by atoms with Crippen molar-refractivity contribution in [2.75, 3.05) is 9.80 Å². The summed E-state index contributed by atoms with van der Waals surface area (Å²) in [5.41, 5.74) is 21.3. The van der Waals surface area contributed by atoms with Crippen molar-refractivity contribution in [1.82, 2.24) is 9.13 Å². The smallest absolute Gasteiger partial charge is 0.252 e. The van der Waals surface area contributed by atoms with Crippen LogP contribution in [-0.2, 0) is 10.8 Å². The molecule has 2 aliphatic rings. The molecule has 16 aromatic carbocycles. The summed E-state index contributed by atoms with van der Waals surface area (Å²) in [5.74, 6) is 0. The molecule has 0 atom stereocenters. The van der Waals surface area contributed by atoms with Gasteiger partial charge in [0.2, 0.25) is 0 Å². The molecule has 2 aromatic heterocycles. The van der Waals surface area contributed by atoms with Gasteiger partial charge in [-0.25, -0.2) is 0 Å². The lowest BCUT2D eigenvalue weighted by atomic mass is 9.33. The Morgan fingerprint density at radius 3 is 0.945 bits per heavy atom. The van der Waals surface area contributed by atoms with E-state index >= 15 is 0 Å². The maximum absolute atomic E-state index is 9.98. The number of rotatable bonds is 11. The minimum Gasteiger partial charge on any atom is -0.310 e. The van der Waals surface area contributed by atoms with Crippen LogP contribution >= 0.6 is 0 Å². The van der Waals surface area contributed by atoms with Gasteiger partial charge >= 0.3 is 0 Å². The average molecular weight is 1410 g/mol. The quantitative estimate of drug-likeness (QED) is 0.120. The minimum absolute atomic E-state index is 0.00209. The van der Waals surface area contributed by atoms with Crippen molar-refractivity contribution in [3.05, 3.63) is 381 Å². The van der Waals surface area contributed by atoms with Crippen molar-refractivity contribution in [2.24, 2.45) is 0 Å². The van der Waals surface area contributed by atoms with E-state index in [1.165, 1.54) is 6.07 Å². The fraction of sp³-hybridized carbons (Fsp3) is 0.0769. The zero-order chi connectivity index (χ0) is 86.3. The molecule has 20 rings (SSSR count). The highest BCUT2D eigenvalue weighted by molar-refractivity contribution is 7.00. The molecule has 0 fully saturated rings. The number of benzene rings is 16. The number of hydrogen-bond acceptors (Lipinski definition) is 2. The third kappa shape index (κ3) is 11.0. The van der Waals surface area contributed by atoms with E-state index < -0.39 is 90.1 Å². The van der Waals surface area contributed by atoms with Crippen molar-refractivity contribution < 1.29 is 20.6 Å². The molecule has 0 bridgehead atoms. The van der Waals surface area contributed by atoms with Crippen LogP contribution in [0.4, 0.5) is 34.1 Å². The molecule has 0 aliphatic carbocycles. The third-order valence-corrected chi connectivity index (χ3v) is 21.9. The van der Waals surface area contributed by atoms with Crippen LogP contribution in [0.2, 0.25) is 0 Å². The summed E-state index contributed by atoms with van der Waals surface area (Å²) in [4.78, 5) is 4.75. The number of hydrogen-bond donors (Lipinski definition) is 0. The van der Waals surface area contributed by atoms with Gasteiger partial charge in [-0.05, 0) is 179 Å². The molecular formula is C104H79BN4. The molecule has 0 unspecified atom stereocenters. The first-order valence-corrected chi connectivity index (χ1v) is 37.0. The largest absolute Gasteiger partial charge is 0.310 e. The molecule has 4 heterocycles. The van der Waals surface area contributed by atoms with Crippen LogP contribution in [0.1, 0.15) is 73.2 Å². The van der Waals surface area contributed by atoms with E-state index in [0.29, 0.717) is 22.7 Å². The fourth-order valence-electron chi connectivity index (χ4n) is 16.6. The first-order chi connectivity index (χ1) is 59.6. The molecule has 0 saturated heterocycles. The third-order valence-electron chi connectivity index (χ3n) is 21.9. The van der Waals surface area contributed by atoms with Gasteiger partial charge in [-0.3, -0.25) is 0 Å². The second-order valence-electron chi connectivity index (χ2n) is 30.5. The Morgan fingerprint density at radius 1 is 0.257 bits per heavy atom. The van der Waals surface area contributed by atoms with Gasteiger partial charge in [0.05, 0.1) is 54.0 Å². The topological polar surface area (TPSA) is 16.3 Å². The van der Waals surface area contributed by atoms with Gasteiger partial charge in [-0.2, -0.15) is 0 Å². The summed E-state index contributed by atoms with van der Waals surface area (Å²) in [6.07, 6.45) is 0. The lowest BCUT2D eigenvalue weighted by molar-refractivity contribution is 0.590. The first-order valence-electron chi connectivity index (χ1n) is 44.5. The molecule has 109 heavy (non-hydrogen) atoms. The number of fused-ring (bicyclic) bond motifs is 10. The SMILES string of the molecule is [2H]c1cc([2H])c2c(c1[2H])c1c([2H])c([2H])c([2H])c([2H])c1n2-c1ccc2c(c1)N(c1c(-c3ccccc3)cc(-c3ccccc3)cc1-c1ccccc1)c1cc(C(C)(C)C)cc3c1B2c1ccc(-n2c4c([2H])c([2H])c([2H])c([2H])c4c4c([2H])c([2H])c([2H])c([2H])c42)cc1N3c1c(-c2ccc(-c3ccccc3)cc2)cc(C(C)(C)C)cc1-c1ccc(-c2ccccc2)cc1. The Kier molecular flexibility index (Phi) is 12.1. The second-order valence-corrected chi connectivity index (χ2v) is 30.5. The standard InChI is InChI=1S/C104H79BN4/c1-103(2,3)78-62-88(75-52-48-71(49-53-75)68-30-12-7-13-31-68)102(89(63-78)76-54-50-72(51-55-76)69-32-14-8-15-33-69)109-97-67-81(107-94-46-28-24-42-84(94)85-43-25-29-47-95(85)107)57-59-91(97)105-90-58-56-80(106-92-44-26-22-40-82(92)83-41-23-27-45-93(83)106)66-96(90)108(98-64-79(104(4,5)6)65-99(109)100(98)105)101-86(73-36-18-10-19-37-73)60-77(70-34-16-9-17-35-70)61-87(101)74-38-20-11-21-39-74/h7-67H,1-6H3/i22D,23D,24D,25D,26D,28D,29D,40D,41D,42D,43D,44D,45D,46D,47D. The first kappa shape index (κ1) is 51.1. The van der Waals surface area contributed by atoms with Crippen molar-refractivity contribution in [1.29, 1.82) is 0 Å². The summed E-state index contributed by atoms with van der Waals surface area (Å²) >= 11 is 0. The Morgan fingerprint density at radius 2 is 0.560 bits per heavy atom. The van der Waals surface area contributed by atoms with Crippen LogP contribution in [0.3, 0.4) is 0 Å². The molecule has 0 amide bonds. The molecule has 18 aromatic rings. The average Bonchev–Trinajstić information content (AvgIpc) is 0.971. The molecule has 4 nitrogen and oxygen atoms in total. The van der Waals surface area contributed by atoms with E-state index in [0.717, 1.165) is 128 Å². The number of anilines is 6. The summed E-state index contributed by atoms with van der Waals surface area (Å²) in [7, 11) is 0. The Bertz CT molecular complexity index is 7290. The molecule has 2 aliphatic heterocycles. The highest BCUT2D eigenvalue weighted by Crippen LogP contribution is 2.56. The Hall–Kier alpha value is -13.2. The van der Waals surface area contributed by atoms with Gasteiger partial charge in [0, 0.05) is 77.9 Å². The monoisotopic (exact) mass is 1410 g/mol. The van der Waals surface area contributed by atoms with Gasteiger partial charge in [-0.15, -0.1) is 0 Å².